The lowest BCUT2D eigenvalue weighted by Gasteiger charge is -2.14. The van der Waals surface area contributed by atoms with E-state index >= 15 is 0 Å². The van der Waals surface area contributed by atoms with Crippen LogP contribution < -0.4 is 15.2 Å². The molecule has 2 amide bonds. The van der Waals surface area contributed by atoms with Crippen LogP contribution in [-0.4, -0.2) is 16.7 Å². The fourth-order valence-corrected chi connectivity index (χ4v) is 3.16. The minimum atomic E-state index is -0.644. The minimum absolute atomic E-state index is 0.0718. The van der Waals surface area contributed by atoms with Crippen LogP contribution in [0, 0.1) is 15.9 Å². The number of anilines is 1. The lowest BCUT2D eigenvalue weighted by atomic mass is 10.1. The average molecular weight is 433 g/mol. The second-order valence-electron chi connectivity index (χ2n) is 6.84. The van der Waals surface area contributed by atoms with Crippen LogP contribution in [0.2, 0.25) is 0 Å². The molecule has 1 fully saturated rings. The standard InChI is InChI=1S/C23H16FN3O5/c24-17-11-9-15(10-12-17)14-32-21-16(5-4-8-20(21)27(30)31)13-19-22(28)25-26(23(19)29)18-6-2-1-3-7-18/h1-13H,14H2,(H,25,28). The Morgan fingerprint density at radius 1 is 1.00 bits per heavy atom. The number of ether oxygens (including phenoxy) is 1. The number of hydrazine groups is 1. The molecule has 0 radical (unpaired) electrons. The van der Waals surface area contributed by atoms with Crippen LogP contribution in [0.1, 0.15) is 11.1 Å². The number of nitrogens with one attached hydrogen (secondary N) is 1. The number of nitro groups is 1. The van der Waals surface area contributed by atoms with E-state index in [1.54, 1.807) is 30.3 Å². The molecule has 160 valence electrons. The van der Waals surface area contributed by atoms with Crippen molar-refractivity contribution in [3.63, 3.8) is 0 Å². The Morgan fingerprint density at radius 2 is 1.72 bits per heavy atom. The van der Waals surface area contributed by atoms with E-state index in [9.17, 15) is 24.1 Å². The Kier molecular flexibility index (Phi) is 5.63. The van der Waals surface area contributed by atoms with E-state index in [1.165, 1.54) is 48.5 Å². The van der Waals surface area contributed by atoms with Gasteiger partial charge in [0.05, 0.1) is 10.6 Å². The van der Waals surface area contributed by atoms with Gasteiger partial charge in [-0.25, -0.2) is 9.40 Å². The molecule has 1 aliphatic rings. The summed E-state index contributed by atoms with van der Waals surface area (Å²) in [6, 6.07) is 18.2. The molecule has 32 heavy (non-hydrogen) atoms. The number of hydrogen-bond donors (Lipinski definition) is 1. The molecule has 4 rings (SSSR count). The van der Waals surface area contributed by atoms with Crippen LogP contribution in [0.15, 0.2) is 78.4 Å². The van der Waals surface area contributed by atoms with Crippen LogP contribution in [-0.2, 0) is 16.2 Å². The molecule has 9 heteroatoms. The molecule has 8 nitrogen and oxygen atoms in total. The average Bonchev–Trinajstić information content (AvgIpc) is 3.08. The number of nitro benzene ring substituents is 1. The smallest absolute Gasteiger partial charge is 0.311 e. The van der Waals surface area contributed by atoms with Crippen molar-refractivity contribution < 1.29 is 23.6 Å². The van der Waals surface area contributed by atoms with E-state index in [4.69, 9.17) is 4.74 Å². The highest BCUT2D eigenvalue weighted by Crippen LogP contribution is 2.34. The quantitative estimate of drug-likeness (QED) is 0.276. The molecule has 0 unspecified atom stereocenters. The first-order valence-electron chi connectivity index (χ1n) is 9.51. The largest absolute Gasteiger partial charge is 0.482 e. The van der Waals surface area contributed by atoms with Gasteiger partial charge in [-0.3, -0.25) is 25.1 Å². The van der Waals surface area contributed by atoms with Crippen molar-refractivity contribution in [3.8, 4) is 5.75 Å². The van der Waals surface area contributed by atoms with Crippen molar-refractivity contribution in [2.75, 3.05) is 5.01 Å². The van der Waals surface area contributed by atoms with Gasteiger partial charge in [0.25, 0.3) is 11.8 Å². The Hall–Kier alpha value is -4.53. The molecule has 3 aromatic rings. The summed E-state index contributed by atoms with van der Waals surface area (Å²) in [4.78, 5) is 36.2. The van der Waals surface area contributed by atoms with E-state index in [0.717, 1.165) is 5.01 Å². The predicted molar refractivity (Wildman–Crippen MR) is 114 cm³/mol. The van der Waals surface area contributed by atoms with Gasteiger partial charge in [0, 0.05) is 11.6 Å². The second-order valence-corrected chi connectivity index (χ2v) is 6.84. The molecule has 0 bridgehead atoms. The zero-order chi connectivity index (χ0) is 22.7. The molecule has 0 spiro atoms. The van der Waals surface area contributed by atoms with Crippen molar-refractivity contribution in [1.82, 2.24) is 5.43 Å². The van der Waals surface area contributed by atoms with Crippen LogP contribution in [0.3, 0.4) is 0 Å². The van der Waals surface area contributed by atoms with Crippen molar-refractivity contribution in [3.05, 3.63) is 105 Å². The number of carbonyl (C=O) groups is 2. The minimum Gasteiger partial charge on any atom is -0.482 e. The maximum absolute atomic E-state index is 13.1. The molecule has 0 atom stereocenters. The number of para-hydroxylation sites is 2. The fraction of sp³-hybridized carbons (Fsp3) is 0.0435. The van der Waals surface area contributed by atoms with Crippen LogP contribution in [0.4, 0.5) is 15.8 Å². The van der Waals surface area contributed by atoms with Gasteiger partial charge >= 0.3 is 5.69 Å². The van der Waals surface area contributed by atoms with Crippen molar-refractivity contribution in [2.24, 2.45) is 0 Å². The second kappa shape index (κ2) is 8.68. The first-order chi connectivity index (χ1) is 15.4. The highest BCUT2D eigenvalue weighted by molar-refractivity contribution is 6.31. The van der Waals surface area contributed by atoms with Crippen LogP contribution in [0.5, 0.6) is 5.75 Å². The summed E-state index contributed by atoms with van der Waals surface area (Å²) in [5.41, 5.74) is 3.21. The number of hydrogen-bond acceptors (Lipinski definition) is 5. The molecule has 1 heterocycles. The highest BCUT2D eigenvalue weighted by atomic mass is 19.1. The van der Waals surface area contributed by atoms with Crippen molar-refractivity contribution in [2.45, 2.75) is 6.61 Å². The molecule has 0 aromatic heterocycles. The normalized spacial score (nSPS) is 14.5. The summed E-state index contributed by atoms with van der Waals surface area (Å²) >= 11 is 0. The van der Waals surface area contributed by atoms with Gasteiger partial charge in [-0.15, -0.1) is 0 Å². The molecule has 0 aliphatic carbocycles. The SMILES string of the molecule is O=C1NN(c2ccccc2)C(=O)C1=Cc1cccc([N+](=O)[O-])c1OCc1ccc(F)cc1. The third kappa shape index (κ3) is 4.17. The number of benzene rings is 3. The lowest BCUT2D eigenvalue weighted by molar-refractivity contribution is -0.386. The van der Waals surface area contributed by atoms with Gasteiger partial charge < -0.3 is 4.74 Å². The molecule has 3 aromatic carbocycles. The molecular formula is C23H16FN3O5. The van der Waals surface area contributed by atoms with Gasteiger partial charge in [-0.1, -0.05) is 42.5 Å². The zero-order valence-corrected chi connectivity index (χ0v) is 16.5. The maximum Gasteiger partial charge on any atom is 0.311 e. The van der Waals surface area contributed by atoms with Gasteiger partial charge in [0.2, 0.25) is 5.75 Å². The molecule has 1 N–H and O–H groups in total. The fourth-order valence-electron chi connectivity index (χ4n) is 3.16. The Morgan fingerprint density at radius 3 is 2.41 bits per heavy atom. The van der Waals surface area contributed by atoms with Gasteiger partial charge in [0.15, 0.2) is 0 Å². The molecule has 1 saturated heterocycles. The predicted octanol–water partition coefficient (Wildman–Crippen LogP) is 3.77. The number of amides is 2. The molecular weight excluding hydrogens is 417 g/mol. The van der Waals surface area contributed by atoms with E-state index in [2.05, 4.69) is 5.43 Å². The summed E-state index contributed by atoms with van der Waals surface area (Å²) < 4.78 is 18.8. The van der Waals surface area contributed by atoms with Gasteiger partial charge in [-0.05, 0) is 35.9 Å². The Balaban J connectivity index is 1.68. The molecule has 1 aliphatic heterocycles. The van der Waals surface area contributed by atoms with E-state index < -0.39 is 22.6 Å². The zero-order valence-electron chi connectivity index (χ0n) is 16.5. The van der Waals surface area contributed by atoms with Crippen molar-refractivity contribution >= 4 is 29.3 Å². The summed E-state index contributed by atoms with van der Waals surface area (Å²) in [6.45, 7) is -0.0718. The van der Waals surface area contributed by atoms with Gasteiger partial charge in [0.1, 0.15) is 18.0 Å². The van der Waals surface area contributed by atoms with Gasteiger partial charge in [-0.2, -0.15) is 0 Å². The highest BCUT2D eigenvalue weighted by Gasteiger charge is 2.35. The number of carbonyl (C=O) groups excluding carboxylic acids is 2. The molecule has 0 saturated carbocycles. The third-order valence-electron chi connectivity index (χ3n) is 4.72. The van der Waals surface area contributed by atoms with E-state index in [0.29, 0.717) is 11.3 Å². The number of halogens is 1. The van der Waals surface area contributed by atoms with Crippen molar-refractivity contribution in [1.29, 1.82) is 0 Å². The van der Waals surface area contributed by atoms with Crippen LogP contribution >= 0.6 is 0 Å². The monoisotopic (exact) mass is 433 g/mol. The summed E-state index contributed by atoms with van der Waals surface area (Å²) in [5.74, 6) is -1.77. The van der Waals surface area contributed by atoms with E-state index in [1.807, 2.05) is 0 Å². The van der Waals surface area contributed by atoms with Crippen LogP contribution in [0.25, 0.3) is 6.08 Å². The summed E-state index contributed by atoms with van der Waals surface area (Å²) in [5, 5.41) is 12.6. The lowest BCUT2D eigenvalue weighted by Crippen LogP contribution is -2.35. The summed E-state index contributed by atoms with van der Waals surface area (Å²) in [6.07, 6.45) is 1.26. The topological polar surface area (TPSA) is 102 Å². The Bertz CT molecular complexity index is 1230. The number of nitrogens with zero attached hydrogens (tertiary/aromatic N) is 2. The summed E-state index contributed by atoms with van der Waals surface area (Å²) in [7, 11) is 0. The first-order valence-corrected chi connectivity index (χ1v) is 9.51. The third-order valence-corrected chi connectivity index (χ3v) is 4.72. The number of rotatable bonds is 6. The maximum atomic E-state index is 13.1. The Labute approximate surface area is 181 Å². The first kappa shape index (κ1) is 20.7. The van der Waals surface area contributed by atoms with E-state index in [-0.39, 0.29) is 29.2 Å².